The molecule has 0 atom stereocenters. The lowest BCUT2D eigenvalue weighted by atomic mass is 10.1. The summed E-state index contributed by atoms with van der Waals surface area (Å²) in [5, 5.41) is 3.11. The van der Waals surface area contributed by atoms with Gasteiger partial charge in [-0.3, -0.25) is 0 Å². The summed E-state index contributed by atoms with van der Waals surface area (Å²) < 4.78 is 31.4. The molecular formula is C15H15F2NO. The van der Waals surface area contributed by atoms with Crippen molar-refractivity contribution >= 4 is 0 Å². The fraction of sp³-hybridized carbons (Fsp3) is 0.200. The van der Waals surface area contributed by atoms with Crippen molar-refractivity contribution in [2.24, 2.45) is 0 Å². The standard InChI is InChI=1S/C15H15F2NO/c1-19-15-5-3-2-4-12(15)10-18-9-11-6-7-13(16)8-14(11)17/h2-8,18H,9-10H2,1H3. The van der Waals surface area contributed by atoms with E-state index >= 15 is 0 Å². The maximum Gasteiger partial charge on any atom is 0.130 e. The summed E-state index contributed by atoms with van der Waals surface area (Å²) in [5.74, 6) is -0.312. The minimum absolute atomic E-state index is 0.337. The number of ether oxygens (including phenoxy) is 1. The Balaban J connectivity index is 1.96. The van der Waals surface area contributed by atoms with E-state index in [0.29, 0.717) is 18.7 Å². The summed E-state index contributed by atoms with van der Waals surface area (Å²) >= 11 is 0. The molecule has 4 heteroatoms. The van der Waals surface area contributed by atoms with Gasteiger partial charge in [0.05, 0.1) is 7.11 Å². The zero-order valence-electron chi connectivity index (χ0n) is 10.6. The van der Waals surface area contributed by atoms with Crippen molar-refractivity contribution in [3.8, 4) is 5.75 Å². The molecule has 0 saturated heterocycles. The third-order valence-electron chi connectivity index (χ3n) is 2.84. The average molecular weight is 263 g/mol. The zero-order valence-corrected chi connectivity index (χ0v) is 10.6. The van der Waals surface area contributed by atoms with Crippen LogP contribution in [0.5, 0.6) is 5.75 Å². The molecule has 2 rings (SSSR count). The van der Waals surface area contributed by atoms with Gasteiger partial charge in [0.15, 0.2) is 0 Å². The lowest BCUT2D eigenvalue weighted by Crippen LogP contribution is -2.14. The maximum absolute atomic E-state index is 13.4. The number of para-hydroxylation sites is 1. The van der Waals surface area contributed by atoms with E-state index in [2.05, 4.69) is 5.32 Å². The molecule has 2 aromatic carbocycles. The summed E-state index contributed by atoms with van der Waals surface area (Å²) in [5.41, 5.74) is 1.43. The van der Waals surface area contributed by atoms with Crippen LogP contribution in [0, 0.1) is 11.6 Å². The summed E-state index contributed by atoms with van der Waals surface area (Å²) in [7, 11) is 1.61. The van der Waals surface area contributed by atoms with Gasteiger partial charge in [-0.15, -0.1) is 0 Å². The predicted molar refractivity (Wildman–Crippen MR) is 69.9 cm³/mol. The molecule has 0 fully saturated rings. The quantitative estimate of drug-likeness (QED) is 0.894. The number of rotatable bonds is 5. The highest BCUT2D eigenvalue weighted by atomic mass is 19.1. The number of methoxy groups -OCH3 is 1. The second-order valence-corrected chi connectivity index (χ2v) is 4.15. The SMILES string of the molecule is COc1ccccc1CNCc1ccc(F)cc1F. The van der Waals surface area contributed by atoms with Crippen LogP contribution < -0.4 is 10.1 Å². The highest BCUT2D eigenvalue weighted by Gasteiger charge is 2.05. The van der Waals surface area contributed by atoms with Gasteiger partial charge < -0.3 is 10.1 Å². The third-order valence-corrected chi connectivity index (χ3v) is 2.84. The number of hydrogen-bond acceptors (Lipinski definition) is 2. The molecule has 0 aliphatic carbocycles. The van der Waals surface area contributed by atoms with Crippen molar-refractivity contribution in [1.29, 1.82) is 0 Å². The van der Waals surface area contributed by atoms with Crippen LogP contribution in [-0.4, -0.2) is 7.11 Å². The first kappa shape index (κ1) is 13.5. The van der Waals surface area contributed by atoms with E-state index in [4.69, 9.17) is 4.74 Å². The van der Waals surface area contributed by atoms with Gasteiger partial charge in [0.25, 0.3) is 0 Å². The number of halogens is 2. The normalized spacial score (nSPS) is 10.5. The average Bonchev–Trinajstić information content (AvgIpc) is 2.42. The van der Waals surface area contributed by atoms with Gasteiger partial charge in [0.1, 0.15) is 17.4 Å². The molecule has 0 spiro atoms. The molecule has 0 saturated carbocycles. The first-order valence-electron chi connectivity index (χ1n) is 5.97. The van der Waals surface area contributed by atoms with Crippen LogP contribution in [0.3, 0.4) is 0 Å². The van der Waals surface area contributed by atoms with E-state index in [0.717, 1.165) is 17.4 Å². The van der Waals surface area contributed by atoms with Gasteiger partial charge in [0.2, 0.25) is 0 Å². The maximum atomic E-state index is 13.4. The topological polar surface area (TPSA) is 21.3 Å². The van der Waals surface area contributed by atoms with Gasteiger partial charge in [-0.25, -0.2) is 8.78 Å². The highest BCUT2D eigenvalue weighted by molar-refractivity contribution is 5.33. The van der Waals surface area contributed by atoms with Crippen LogP contribution in [0.25, 0.3) is 0 Å². The summed E-state index contributed by atoms with van der Waals surface area (Å²) in [6.45, 7) is 0.894. The second-order valence-electron chi connectivity index (χ2n) is 4.15. The largest absolute Gasteiger partial charge is 0.496 e. The summed E-state index contributed by atoms with van der Waals surface area (Å²) in [4.78, 5) is 0. The summed E-state index contributed by atoms with van der Waals surface area (Å²) in [6.07, 6.45) is 0. The Hall–Kier alpha value is -1.94. The predicted octanol–water partition coefficient (Wildman–Crippen LogP) is 3.26. The molecule has 0 aliphatic rings. The van der Waals surface area contributed by atoms with E-state index in [1.807, 2.05) is 24.3 Å². The highest BCUT2D eigenvalue weighted by Crippen LogP contribution is 2.17. The molecule has 0 aliphatic heterocycles. The van der Waals surface area contributed by atoms with E-state index in [1.165, 1.54) is 12.1 Å². The first-order valence-corrected chi connectivity index (χ1v) is 5.97. The van der Waals surface area contributed by atoms with Crippen molar-refractivity contribution in [2.45, 2.75) is 13.1 Å². The number of nitrogens with one attached hydrogen (secondary N) is 1. The smallest absolute Gasteiger partial charge is 0.130 e. The molecule has 0 bridgehead atoms. The summed E-state index contributed by atoms with van der Waals surface area (Å²) in [6, 6.07) is 11.2. The first-order chi connectivity index (χ1) is 9.20. The van der Waals surface area contributed by atoms with Crippen molar-refractivity contribution in [3.05, 3.63) is 65.2 Å². The molecule has 1 N–H and O–H groups in total. The molecule has 0 radical (unpaired) electrons. The molecule has 0 unspecified atom stereocenters. The van der Waals surface area contributed by atoms with Crippen LogP contribution in [0.2, 0.25) is 0 Å². The molecule has 2 aromatic rings. The molecule has 2 nitrogen and oxygen atoms in total. The zero-order chi connectivity index (χ0) is 13.7. The molecule has 100 valence electrons. The van der Waals surface area contributed by atoms with Crippen LogP contribution in [0.1, 0.15) is 11.1 Å². The van der Waals surface area contributed by atoms with Crippen LogP contribution in [0.15, 0.2) is 42.5 Å². The lowest BCUT2D eigenvalue weighted by Gasteiger charge is -2.10. The van der Waals surface area contributed by atoms with Crippen LogP contribution >= 0.6 is 0 Å². The minimum Gasteiger partial charge on any atom is -0.496 e. The molecule has 0 amide bonds. The van der Waals surface area contributed by atoms with Gasteiger partial charge >= 0.3 is 0 Å². The monoisotopic (exact) mass is 263 g/mol. The van der Waals surface area contributed by atoms with Gasteiger partial charge in [-0.05, 0) is 12.1 Å². The lowest BCUT2D eigenvalue weighted by molar-refractivity contribution is 0.407. The Morgan fingerprint density at radius 1 is 1.00 bits per heavy atom. The molecule has 19 heavy (non-hydrogen) atoms. The molecular weight excluding hydrogens is 248 g/mol. The number of hydrogen-bond donors (Lipinski definition) is 1. The van der Waals surface area contributed by atoms with Crippen molar-refractivity contribution < 1.29 is 13.5 Å². The Labute approximate surface area is 111 Å². The molecule has 0 aromatic heterocycles. The third kappa shape index (κ3) is 3.51. The van der Waals surface area contributed by atoms with Crippen LogP contribution in [-0.2, 0) is 13.1 Å². The fourth-order valence-corrected chi connectivity index (χ4v) is 1.85. The Bertz CT molecular complexity index is 558. The van der Waals surface area contributed by atoms with Crippen molar-refractivity contribution in [1.82, 2.24) is 5.32 Å². The van der Waals surface area contributed by atoms with E-state index < -0.39 is 11.6 Å². The number of benzene rings is 2. The van der Waals surface area contributed by atoms with E-state index in [-0.39, 0.29) is 0 Å². The minimum atomic E-state index is -0.564. The van der Waals surface area contributed by atoms with Crippen molar-refractivity contribution in [2.75, 3.05) is 7.11 Å². The fourth-order valence-electron chi connectivity index (χ4n) is 1.85. The van der Waals surface area contributed by atoms with Gasteiger partial charge in [0, 0.05) is 30.3 Å². The van der Waals surface area contributed by atoms with E-state index in [1.54, 1.807) is 7.11 Å². The Kier molecular flexibility index (Phi) is 4.47. The second kappa shape index (κ2) is 6.29. The molecule has 0 heterocycles. The van der Waals surface area contributed by atoms with Crippen LogP contribution in [0.4, 0.5) is 8.78 Å². The Morgan fingerprint density at radius 2 is 1.74 bits per heavy atom. The van der Waals surface area contributed by atoms with Crippen molar-refractivity contribution in [3.63, 3.8) is 0 Å². The van der Waals surface area contributed by atoms with Gasteiger partial charge in [-0.1, -0.05) is 24.3 Å². The van der Waals surface area contributed by atoms with Gasteiger partial charge in [-0.2, -0.15) is 0 Å². The van der Waals surface area contributed by atoms with E-state index in [9.17, 15) is 8.78 Å². The Morgan fingerprint density at radius 3 is 2.47 bits per heavy atom.